The van der Waals surface area contributed by atoms with Gasteiger partial charge in [-0.05, 0) is 56.2 Å². The number of hydrogen-bond donors (Lipinski definition) is 3. The van der Waals surface area contributed by atoms with Gasteiger partial charge in [-0.3, -0.25) is 9.59 Å². The fourth-order valence-electron chi connectivity index (χ4n) is 2.68. The molecule has 0 saturated heterocycles. The smallest absolute Gasteiger partial charge is 0.251 e. The summed E-state index contributed by atoms with van der Waals surface area (Å²) in [6.07, 6.45) is 0. The second-order valence-electron chi connectivity index (χ2n) is 6.41. The van der Waals surface area contributed by atoms with E-state index in [-0.39, 0.29) is 24.4 Å². The number of fused-ring (bicyclic) bond motifs is 1. The molecule has 3 aromatic rings. The second-order valence-corrected chi connectivity index (χ2v) is 6.41. The number of hydrogen-bond acceptors (Lipinski definition) is 3. The Labute approximate surface area is 152 Å². The molecule has 1 heterocycles. The maximum Gasteiger partial charge on any atom is 0.251 e. The predicted octanol–water partition coefficient (Wildman–Crippen LogP) is 2.79. The fraction of sp³-hybridized carbons (Fsp3) is 0.250. The molecule has 26 heavy (non-hydrogen) atoms. The molecule has 0 unspecified atom stereocenters. The fourth-order valence-corrected chi connectivity index (χ4v) is 2.68. The lowest BCUT2D eigenvalue weighted by molar-refractivity contribution is -0.120. The summed E-state index contributed by atoms with van der Waals surface area (Å²) in [5.41, 5.74) is 4.49. The van der Waals surface area contributed by atoms with Gasteiger partial charge in [0, 0.05) is 5.56 Å². The summed E-state index contributed by atoms with van der Waals surface area (Å²) in [5.74, 6) is 0.148. The highest BCUT2D eigenvalue weighted by atomic mass is 16.2. The van der Waals surface area contributed by atoms with Gasteiger partial charge in [0.05, 0.1) is 23.6 Å². The standard InChI is InChI=1S/C20H22N4O2/c1-12-8-9-15(10-13(12)2)20(26)21-11-18(25)22-14(3)19-23-16-6-4-5-7-17(16)24-19/h4-10,14H,11H2,1-3H3,(H,21,26)(H,22,25)(H,23,24)/t14-/m0/s1. The van der Waals surface area contributed by atoms with Gasteiger partial charge >= 0.3 is 0 Å². The number of amides is 2. The summed E-state index contributed by atoms with van der Waals surface area (Å²) in [6, 6.07) is 12.9. The van der Waals surface area contributed by atoms with Crippen LogP contribution in [0, 0.1) is 13.8 Å². The van der Waals surface area contributed by atoms with Crippen molar-refractivity contribution in [2.75, 3.05) is 6.54 Å². The first-order valence-corrected chi connectivity index (χ1v) is 8.53. The Morgan fingerprint density at radius 3 is 2.62 bits per heavy atom. The van der Waals surface area contributed by atoms with Crippen molar-refractivity contribution in [3.8, 4) is 0 Å². The number of aromatic nitrogens is 2. The van der Waals surface area contributed by atoms with E-state index in [0.717, 1.165) is 22.2 Å². The number of benzene rings is 2. The number of nitrogens with one attached hydrogen (secondary N) is 3. The molecule has 0 saturated carbocycles. The molecule has 134 valence electrons. The molecule has 3 N–H and O–H groups in total. The lowest BCUT2D eigenvalue weighted by Gasteiger charge is -2.12. The van der Waals surface area contributed by atoms with Crippen LogP contribution in [-0.2, 0) is 4.79 Å². The van der Waals surface area contributed by atoms with Gasteiger partial charge in [-0.15, -0.1) is 0 Å². The summed E-state index contributed by atoms with van der Waals surface area (Å²) >= 11 is 0. The number of aromatic amines is 1. The van der Waals surface area contributed by atoms with Crippen molar-refractivity contribution in [1.82, 2.24) is 20.6 Å². The maximum absolute atomic E-state index is 12.2. The zero-order valence-corrected chi connectivity index (χ0v) is 15.1. The van der Waals surface area contributed by atoms with Crippen LogP contribution in [0.25, 0.3) is 11.0 Å². The molecule has 0 spiro atoms. The minimum absolute atomic E-state index is 0.0870. The third kappa shape index (κ3) is 3.91. The van der Waals surface area contributed by atoms with Crippen LogP contribution in [0.4, 0.5) is 0 Å². The van der Waals surface area contributed by atoms with E-state index >= 15 is 0 Å². The van der Waals surface area contributed by atoms with E-state index in [1.165, 1.54) is 0 Å². The quantitative estimate of drug-likeness (QED) is 0.661. The lowest BCUT2D eigenvalue weighted by atomic mass is 10.1. The Morgan fingerprint density at radius 1 is 1.12 bits per heavy atom. The number of carbonyl (C=O) groups excluding carboxylic acids is 2. The number of H-pyrrole nitrogens is 1. The Hall–Kier alpha value is -3.15. The molecule has 0 aliphatic carbocycles. The van der Waals surface area contributed by atoms with E-state index in [0.29, 0.717) is 11.4 Å². The Bertz CT molecular complexity index is 928. The van der Waals surface area contributed by atoms with E-state index in [2.05, 4.69) is 20.6 Å². The first-order chi connectivity index (χ1) is 12.4. The van der Waals surface area contributed by atoms with E-state index in [1.54, 1.807) is 6.07 Å². The minimum Gasteiger partial charge on any atom is -0.345 e. The molecule has 1 aromatic heterocycles. The van der Waals surface area contributed by atoms with Crippen molar-refractivity contribution in [3.05, 3.63) is 65.0 Å². The Balaban J connectivity index is 1.56. The van der Waals surface area contributed by atoms with Crippen LogP contribution in [0.1, 0.15) is 40.3 Å². The van der Waals surface area contributed by atoms with Gasteiger partial charge in [-0.25, -0.2) is 4.98 Å². The molecular formula is C20H22N4O2. The zero-order valence-electron chi connectivity index (χ0n) is 15.1. The van der Waals surface area contributed by atoms with Crippen LogP contribution in [0.5, 0.6) is 0 Å². The van der Waals surface area contributed by atoms with Gasteiger partial charge in [0.2, 0.25) is 5.91 Å². The van der Waals surface area contributed by atoms with Crippen LogP contribution in [0.15, 0.2) is 42.5 Å². The molecule has 6 nitrogen and oxygen atoms in total. The van der Waals surface area contributed by atoms with Crippen molar-refractivity contribution >= 4 is 22.8 Å². The van der Waals surface area contributed by atoms with Crippen LogP contribution >= 0.6 is 0 Å². The van der Waals surface area contributed by atoms with Crippen LogP contribution in [0.2, 0.25) is 0 Å². The maximum atomic E-state index is 12.2. The van der Waals surface area contributed by atoms with Crippen molar-refractivity contribution in [2.24, 2.45) is 0 Å². The number of rotatable bonds is 5. The normalized spacial score (nSPS) is 12.0. The molecule has 0 aliphatic rings. The van der Waals surface area contributed by atoms with E-state index in [4.69, 9.17) is 0 Å². The number of imidazole rings is 1. The van der Waals surface area contributed by atoms with Crippen molar-refractivity contribution in [3.63, 3.8) is 0 Å². The molecule has 0 bridgehead atoms. The molecule has 6 heteroatoms. The van der Waals surface area contributed by atoms with Crippen LogP contribution in [-0.4, -0.2) is 28.3 Å². The van der Waals surface area contributed by atoms with Crippen molar-refractivity contribution < 1.29 is 9.59 Å². The summed E-state index contributed by atoms with van der Waals surface area (Å²) < 4.78 is 0. The van der Waals surface area contributed by atoms with E-state index < -0.39 is 0 Å². The summed E-state index contributed by atoms with van der Waals surface area (Å²) in [5, 5.41) is 5.48. The minimum atomic E-state index is -0.284. The molecule has 0 fully saturated rings. The average Bonchev–Trinajstić information content (AvgIpc) is 3.06. The van der Waals surface area contributed by atoms with Gasteiger partial charge in [-0.2, -0.15) is 0 Å². The van der Waals surface area contributed by atoms with Gasteiger partial charge in [0.15, 0.2) is 0 Å². The van der Waals surface area contributed by atoms with Crippen LogP contribution < -0.4 is 10.6 Å². The number of aryl methyl sites for hydroxylation is 2. The van der Waals surface area contributed by atoms with Gasteiger partial charge < -0.3 is 15.6 Å². The number of carbonyl (C=O) groups is 2. The molecule has 0 radical (unpaired) electrons. The monoisotopic (exact) mass is 350 g/mol. The molecule has 2 aromatic carbocycles. The summed E-state index contributed by atoms with van der Waals surface area (Å²) in [4.78, 5) is 32.0. The van der Waals surface area contributed by atoms with Crippen LogP contribution in [0.3, 0.4) is 0 Å². The lowest BCUT2D eigenvalue weighted by Crippen LogP contribution is -2.38. The van der Waals surface area contributed by atoms with E-state index in [1.807, 2.05) is 57.2 Å². The number of para-hydroxylation sites is 2. The summed E-state index contributed by atoms with van der Waals surface area (Å²) in [7, 11) is 0. The highest BCUT2D eigenvalue weighted by Gasteiger charge is 2.14. The molecule has 2 amide bonds. The van der Waals surface area contributed by atoms with E-state index in [9.17, 15) is 9.59 Å². The third-order valence-corrected chi connectivity index (χ3v) is 4.37. The SMILES string of the molecule is Cc1ccc(C(=O)NCC(=O)N[C@@H](C)c2nc3ccccc3[nH]2)cc1C. The number of nitrogens with zero attached hydrogens (tertiary/aromatic N) is 1. The molecule has 1 atom stereocenters. The highest BCUT2D eigenvalue weighted by molar-refractivity contribution is 5.96. The largest absolute Gasteiger partial charge is 0.345 e. The van der Waals surface area contributed by atoms with Crippen molar-refractivity contribution in [1.29, 1.82) is 0 Å². The van der Waals surface area contributed by atoms with Crippen molar-refractivity contribution in [2.45, 2.75) is 26.8 Å². The topological polar surface area (TPSA) is 86.9 Å². The Kier molecular flexibility index (Phi) is 5.02. The predicted molar refractivity (Wildman–Crippen MR) is 101 cm³/mol. The van der Waals surface area contributed by atoms with Gasteiger partial charge in [0.25, 0.3) is 5.91 Å². The molecule has 0 aliphatic heterocycles. The summed E-state index contributed by atoms with van der Waals surface area (Å²) in [6.45, 7) is 5.70. The van der Waals surface area contributed by atoms with Gasteiger partial charge in [-0.1, -0.05) is 18.2 Å². The first kappa shape index (κ1) is 17.7. The average molecular weight is 350 g/mol. The second kappa shape index (κ2) is 7.39. The Morgan fingerprint density at radius 2 is 1.88 bits per heavy atom. The molecular weight excluding hydrogens is 328 g/mol. The van der Waals surface area contributed by atoms with Gasteiger partial charge in [0.1, 0.15) is 5.82 Å². The zero-order chi connectivity index (χ0) is 18.7. The first-order valence-electron chi connectivity index (χ1n) is 8.53. The third-order valence-electron chi connectivity index (χ3n) is 4.37. The highest BCUT2D eigenvalue weighted by Crippen LogP contribution is 2.15. The molecule has 3 rings (SSSR count).